The van der Waals surface area contributed by atoms with Crippen molar-refractivity contribution < 1.29 is 9.53 Å². The predicted molar refractivity (Wildman–Crippen MR) is 111 cm³/mol. The maximum absolute atomic E-state index is 13.1. The number of benzene rings is 2. The average molecular weight is 404 g/mol. The van der Waals surface area contributed by atoms with Gasteiger partial charge in [0.05, 0.1) is 24.5 Å². The van der Waals surface area contributed by atoms with Gasteiger partial charge in [0.15, 0.2) is 11.9 Å². The minimum Gasteiger partial charge on any atom is -0.477 e. The second-order valence-electron chi connectivity index (χ2n) is 7.68. The Bertz CT molecular complexity index is 1020. The molecule has 154 valence electrons. The second-order valence-corrected chi connectivity index (χ2v) is 7.68. The lowest BCUT2D eigenvalue weighted by molar-refractivity contribution is -0.139. The van der Waals surface area contributed by atoms with Crippen LogP contribution in [0, 0.1) is 0 Å². The summed E-state index contributed by atoms with van der Waals surface area (Å²) in [7, 11) is 0. The van der Waals surface area contributed by atoms with E-state index in [4.69, 9.17) is 4.74 Å². The molecule has 0 saturated carbocycles. The van der Waals surface area contributed by atoms with Crippen LogP contribution >= 0.6 is 0 Å². The van der Waals surface area contributed by atoms with E-state index in [1.165, 1.54) is 6.42 Å². The number of fused-ring (bicyclic) bond motifs is 1. The molecule has 8 heteroatoms. The summed E-state index contributed by atoms with van der Waals surface area (Å²) in [5.74, 6) is 1.50. The summed E-state index contributed by atoms with van der Waals surface area (Å²) in [5, 5.41) is 12.3. The van der Waals surface area contributed by atoms with E-state index in [9.17, 15) is 4.79 Å². The van der Waals surface area contributed by atoms with Gasteiger partial charge in [0, 0.05) is 13.1 Å². The zero-order chi connectivity index (χ0) is 20.3. The Balaban J connectivity index is 1.42. The lowest BCUT2D eigenvalue weighted by Gasteiger charge is -2.38. The number of hydrogen-bond donors (Lipinski definition) is 0. The van der Waals surface area contributed by atoms with E-state index in [0.29, 0.717) is 18.9 Å². The SMILES string of the molecule is O=C([C@H]1CN(Cc2nnnn2-c2ccccc2)c2ccccc2O1)N1CCCCC1. The van der Waals surface area contributed by atoms with Crippen LogP contribution in [0.15, 0.2) is 54.6 Å². The third-order valence-corrected chi connectivity index (χ3v) is 5.67. The molecule has 1 fully saturated rings. The van der Waals surface area contributed by atoms with Crippen molar-refractivity contribution in [1.82, 2.24) is 25.1 Å². The number of carbonyl (C=O) groups excluding carboxylic acids is 1. The molecule has 2 aliphatic rings. The molecule has 30 heavy (non-hydrogen) atoms. The van der Waals surface area contributed by atoms with Gasteiger partial charge in [-0.15, -0.1) is 5.10 Å². The molecule has 2 aromatic carbocycles. The van der Waals surface area contributed by atoms with Crippen LogP contribution in [0.4, 0.5) is 5.69 Å². The highest BCUT2D eigenvalue weighted by molar-refractivity contribution is 5.83. The van der Waals surface area contributed by atoms with Gasteiger partial charge in [-0.25, -0.2) is 0 Å². The molecule has 0 unspecified atom stereocenters. The fourth-order valence-electron chi connectivity index (χ4n) is 4.15. The molecule has 1 aromatic heterocycles. The highest BCUT2D eigenvalue weighted by atomic mass is 16.5. The minimum absolute atomic E-state index is 0.0665. The first-order valence-electron chi connectivity index (χ1n) is 10.4. The van der Waals surface area contributed by atoms with Crippen molar-refractivity contribution in [3.05, 3.63) is 60.4 Å². The quantitative estimate of drug-likeness (QED) is 0.665. The van der Waals surface area contributed by atoms with Crippen molar-refractivity contribution >= 4 is 11.6 Å². The van der Waals surface area contributed by atoms with Crippen molar-refractivity contribution in [2.45, 2.75) is 31.9 Å². The topological polar surface area (TPSA) is 76.4 Å². The highest BCUT2D eigenvalue weighted by Crippen LogP contribution is 2.34. The molecular weight excluding hydrogens is 380 g/mol. The van der Waals surface area contributed by atoms with Gasteiger partial charge < -0.3 is 14.5 Å². The van der Waals surface area contributed by atoms with Gasteiger partial charge in [-0.2, -0.15) is 4.68 Å². The Hall–Kier alpha value is -3.42. The standard InChI is InChI=1S/C22H24N6O2/c29-22(26-13-7-2-8-14-26)20-15-27(18-11-5-6-12-19(18)30-20)16-21-23-24-25-28(21)17-9-3-1-4-10-17/h1,3-6,9-12,20H,2,7-8,13-16H2/t20-/m1/s1. The minimum atomic E-state index is -0.529. The fraction of sp³-hybridized carbons (Fsp3) is 0.364. The molecule has 0 bridgehead atoms. The number of tetrazole rings is 1. The second kappa shape index (κ2) is 8.14. The Morgan fingerprint density at radius 1 is 1.00 bits per heavy atom. The summed E-state index contributed by atoms with van der Waals surface area (Å²) in [6.45, 7) is 2.57. The first-order chi connectivity index (χ1) is 14.8. The maximum Gasteiger partial charge on any atom is 0.265 e. The van der Waals surface area contributed by atoms with E-state index >= 15 is 0 Å². The Morgan fingerprint density at radius 2 is 1.77 bits per heavy atom. The molecule has 3 aromatic rings. The first-order valence-corrected chi connectivity index (χ1v) is 10.4. The number of para-hydroxylation sites is 3. The molecule has 0 spiro atoms. The zero-order valence-corrected chi connectivity index (χ0v) is 16.7. The van der Waals surface area contributed by atoms with Gasteiger partial charge in [-0.1, -0.05) is 30.3 Å². The third kappa shape index (κ3) is 3.60. The number of amides is 1. The zero-order valence-electron chi connectivity index (χ0n) is 16.7. The van der Waals surface area contributed by atoms with Gasteiger partial charge in [0.25, 0.3) is 5.91 Å². The van der Waals surface area contributed by atoms with Gasteiger partial charge in [-0.05, 0) is 54.0 Å². The normalized spacial score (nSPS) is 18.6. The van der Waals surface area contributed by atoms with Crippen LogP contribution in [0.25, 0.3) is 5.69 Å². The number of nitrogens with zero attached hydrogens (tertiary/aromatic N) is 6. The van der Waals surface area contributed by atoms with Gasteiger partial charge >= 0.3 is 0 Å². The highest BCUT2D eigenvalue weighted by Gasteiger charge is 2.34. The fourth-order valence-corrected chi connectivity index (χ4v) is 4.15. The van der Waals surface area contributed by atoms with Crippen molar-refractivity contribution in [2.24, 2.45) is 0 Å². The lowest BCUT2D eigenvalue weighted by atomic mass is 10.1. The van der Waals surface area contributed by atoms with Crippen LogP contribution in [0.2, 0.25) is 0 Å². The molecule has 1 saturated heterocycles. The van der Waals surface area contributed by atoms with Gasteiger partial charge in [-0.3, -0.25) is 4.79 Å². The van der Waals surface area contributed by atoms with Crippen LogP contribution in [-0.4, -0.2) is 56.8 Å². The molecule has 0 aliphatic carbocycles. The molecule has 1 atom stereocenters. The van der Waals surface area contributed by atoms with Crippen molar-refractivity contribution in [2.75, 3.05) is 24.5 Å². The Kier molecular flexibility index (Phi) is 5.04. The summed E-state index contributed by atoms with van der Waals surface area (Å²) >= 11 is 0. The summed E-state index contributed by atoms with van der Waals surface area (Å²) in [5.41, 5.74) is 1.85. The molecule has 2 aliphatic heterocycles. The number of likely N-dealkylation sites (tertiary alicyclic amines) is 1. The summed E-state index contributed by atoms with van der Waals surface area (Å²) < 4.78 is 7.86. The molecule has 3 heterocycles. The van der Waals surface area contributed by atoms with Gasteiger partial charge in [0.1, 0.15) is 5.75 Å². The van der Waals surface area contributed by atoms with Crippen LogP contribution in [0.3, 0.4) is 0 Å². The molecular formula is C22H24N6O2. The number of aromatic nitrogens is 4. The van der Waals surface area contributed by atoms with E-state index in [1.54, 1.807) is 4.68 Å². The number of carbonyl (C=O) groups is 1. The van der Waals surface area contributed by atoms with Crippen molar-refractivity contribution in [3.8, 4) is 11.4 Å². The van der Waals surface area contributed by atoms with Crippen molar-refractivity contribution in [1.29, 1.82) is 0 Å². The average Bonchev–Trinajstić information content (AvgIpc) is 3.28. The molecule has 8 nitrogen and oxygen atoms in total. The third-order valence-electron chi connectivity index (χ3n) is 5.67. The molecule has 1 amide bonds. The number of anilines is 1. The van der Waals surface area contributed by atoms with Crippen LogP contribution in [0.1, 0.15) is 25.1 Å². The van der Waals surface area contributed by atoms with E-state index < -0.39 is 6.10 Å². The molecule has 0 N–H and O–H groups in total. The molecule has 5 rings (SSSR count). The lowest BCUT2D eigenvalue weighted by Crippen LogP contribution is -2.51. The number of rotatable bonds is 4. The number of ether oxygens (including phenoxy) is 1. The van der Waals surface area contributed by atoms with Gasteiger partial charge in [0.2, 0.25) is 0 Å². The Labute approximate surface area is 175 Å². The van der Waals surface area contributed by atoms with E-state index in [-0.39, 0.29) is 5.91 Å². The van der Waals surface area contributed by atoms with Crippen LogP contribution in [-0.2, 0) is 11.3 Å². The smallest absolute Gasteiger partial charge is 0.265 e. The summed E-state index contributed by atoms with van der Waals surface area (Å²) in [4.78, 5) is 17.2. The summed E-state index contributed by atoms with van der Waals surface area (Å²) in [6.07, 6.45) is 2.78. The van der Waals surface area contributed by atoms with Crippen LogP contribution in [0.5, 0.6) is 5.75 Å². The van der Waals surface area contributed by atoms with E-state index in [2.05, 4.69) is 20.4 Å². The molecule has 0 radical (unpaired) electrons. The maximum atomic E-state index is 13.1. The van der Waals surface area contributed by atoms with E-state index in [0.717, 1.165) is 43.1 Å². The van der Waals surface area contributed by atoms with Crippen LogP contribution < -0.4 is 9.64 Å². The number of hydrogen-bond acceptors (Lipinski definition) is 6. The largest absolute Gasteiger partial charge is 0.477 e. The number of piperidine rings is 1. The van der Waals surface area contributed by atoms with E-state index in [1.807, 2.05) is 59.5 Å². The Morgan fingerprint density at radius 3 is 2.60 bits per heavy atom. The monoisotopic (exact) mass is 404 g/mol. The summed E-state index contributed by atoms with van der Waals surface area (Å²) in [6, 6.07) is 17.6. The first kappa shape index (κ1) is 18.6. The van der Waals surface area contributed by atoms with Crippen molar-refractivity contribution in [3.63, 3.8) is 0 Å². The predicted octanol–water partition coefficient (Wildman–Crippen LogP) is 2.44.